The third kappa shape index (κ3) is 5.91. The molecule has 0 radical (unpaired) electrons. The van der Waals surface area contributed by atoms with Gasteiger partial charge in [0.1, 0.15) is 0 Å². The maximum atomic E-state index is 12.8. The van der Waals surface area contributed by atoms with Crippen molar-refractivity contribution >= 4 is 23.1 Å². The van der Waals surface area contributed by atoms with Crippen LogP contribution in [0.15, 0.2) is 0 Å². The van der Waals surface area contributed by atoms with Crippen molar-refractivity contribution in [3.8, 4) is 0 Å². The largest absolute Gasteiger partial charge is 0.392 e. The van der Waals surface area contributed by atoms with Gasteiger partial charge < -0.3 is 16.0 Å². The van der Waals surface area contributed by atoms with E-state index < -0.39 is 5.41 Å². The second kappa shape index (κ2) is 10.1. The Bertz CT molecular complexity index is 323. The zero-order valence-electron chi connectivity index (χ0n) is 14.4. The molecule has 21 heavy (non-hydrogen) atoms. The third-order valence-electron chi connectivity index (χ3n) is 4.06. The molecule has 0 spiro atoms. The van der Waals surface area contributed by atoms with Crippen LogP contribution in [0.1, 0.15) is 60.3 Å². The Kier molecular flexibility index (Phi) is 9.79. The molecule has 0 saturated carbocycles. The maximum Gasteiger partial charge on any atom is 0.233 e. The average Bonchev–Trinajstić information content (AvgIpc) is 2.43. The lowest BCUT2D eigenvalue weighted by molar-refractivity contribution is -0.129. The molecule has 0 aliphatic heterocycles. The monoisotopic (exact) mass is 315 g/mol. The van der Waals surface area contributed by atoms with Gasteiger partial charge in [0, 0.05) is 12.6 Å². The zero-order chi connectivity index (χ0) is 16.5. The first-order valence-corrected chi connectivity index (χ1v) is 8.61. The highest BCUT2D eigenvalue weighted by molar-refractivity contribution is 7.80. The third-order valence-corrected chi connectivity index (χ3v) is 4.45. The summed E-state index contributed by atoms with van der Waals surface area (Å²) in [6.45, 7) is 13.3. The molecule has 0 heterocycles. The Morgan fingerprint density at radius 1 is 1.19 bits per heavy atom. The second-order valence-electron chi connectivity index (χ2n) is 5.81. The lowest BCUT2D eigenvalue weighted by Crippen LogP contribution is -2.53. The van der Waals surface area contributed by atoms with Crippen molar-refractivity contribution in [2.24, 2.45) is 11.1 Å². The molecule has 5 heteroatoms. The van der Waals surface area contributed by atoms with Crippen LogP contribution < -0.4 is 11.1 Å². The number of carbonyl (C=O) groups is 1. The molecule has 0 aromatic heterocycles. The Balaban J connectivity index is 4.92. The van der Waals surface area contributed by atoms with Crippen molar-refractivity contribution in [1.82, 2.24) is 10.2 Å². The Morgan fingerprint density at radius 3 is 2.00 bits per heavy atom. The normalized spacial score (nSPS) is 13.2. The van der Waals surface area contributed by atoms with Gasteiger partial charge >= 0.3 is 0 Å². The van der Waals surface area contributed by atoms with Crippen molar-refractivity contribution in [2.75, 3.05) is 19.6 Å². The smallest absolute Gasteiger partial charge is 0.233 e. The summed E-state index contributed by atoms with van der Waals surface area (Å²) in [5.74, 6) is -0.00152. The summed E-state index contributed by atoms with van der Waals surface area (Å²) < 4.78 is 0. The molecule has 3 N–H and O–H groups in total. The average molecular weight is 316 g/mol. The molecule has 0 aliphatic carbocycles. The van der Waals surface area contributed by atoms with Gasteiger partial charge in [0.15, 0.2) is 0 Å². The summed E-state index contributed by atoms with van der Waals surface area (Å²) in [6.07, 6.45) is 3.24. The Labute approximate surface area is 135 Å². The first-order chi connectivity index (χ1) is 9.87. The van der Waals surface area contributed by atoms with Gasteiger partial charge in [-0.15, -0.1) is 0 Å². The maximum absolute atomic E-state index is 12.8. The van der Waals surface area contributed by atoms with Crippen LogP contribution in [0.25, 0.3) is 0 Å². The molecule has 0 aromatic carbocycles. The summed E-state index contributed by atoms with van der Waals surface area (Å²) in [7, 11) is 0. The van der Waals surface area contributed by atoms with E-state index in [9.17, 15) is 4.79 Å². The minimum Gasteiger partial charge on any atom is -0.392 e. The molecule has 4 nitrogen and oxygen atoms in total. The molecule has 1 unspecified atom stereocenters. The van der Waals surface area contributed by atoms with Gasteiger partial charge in [-0.25, -0.2) is 0 Å². The standard InChI is InChI=1S/C16H33N3OS/c1-6-10-16(11-7-2,14(17)21)15(20)18-13(5)12-19(8-3)9-4/h13H,6-12H2,1-5H3,(H2,17,21)(H,18,20). The molecule has 0 aliphatic rings. The lowest BCUT2D eigenvalue weighted by atomic mass is 9.78. The summed E-state index contributed by atoms with van der Waals surface area (Å²) in [6, 6.07) is 0.0971. The molecular formula is C16H33N3OS. The van der Waals surface area contributed by atoms with E-state index in [1.807, 2.05) is 6.92 Å². The highest BCUT2D eigenvalue weighted by Gasteiger charge is 2.40. The van der Waals surface area contributed by atoms with E-state index in [0.717, 1.165) is 45.3 Å². The molecule has 0 bridgehead atoms. The van der Waals surface area contributed by atoms with Gasteiger partial charge in [-0.1, -0.05) is 52.8 Å². The van der Waals surface area contributed by atoms with E-state index >= 15 is 0 Å². The predicted molar refractivity (Wildman–Crippen MR) is 94.4 cm³/mol. The van der Waals surface area contributed by atoms with Crippen LogP contribution in [0.2, 0.25) is 0 Å². The molecule has 0 rings (SSSR count). The van der Waals surface area contributed by atoms with E-state index in [4.69, 9.17) is 18.0 Å². The van der Waals surface area contributed by atoms with Gasteiger partial charge in [-0.05, 0) is 32.9 Å². The summed E-state index contributed by atoms with van der Waals surface area (Å²) in [4.78, 5) is 15.4. The summed E-state index contributed by atoms with van der Waals surface area (Å²) in [5, 5.41) is 3.12. The van der Waals surface area contributed by atoms with Crippen molar-refractivity contribution in [3.63, 3.8) is 0 Å². The van der Waals surface area contributed by atoms with Gasteiger partial charge in [0.25, 0.3) is 0 Å². The fraction of sp³-hybridized carbons (Fsp3) is 0.875. The van der Waals surface area contributed by atoms with Crippen LogP contribution in [0.3, 0.4) is 0 Å². The second-order valence-corrected chi connectivity index (χ2v) is 6.25. The van der Waals surface area contributed by atoms with E-state index in [1.54, 1.807) is 0 Å². The van der Waals surface area contributed by atoms with Crippen molar-refractivity contribution < 1.29 is 4.79 Å². The highest BCUT2D eigenvalue weighted by atomic mass is 32.1. The first-order valence-electron chi connectivity index (χ1n) is 8.21. The van der Waals surface area contributed by atoms with Gasteiger partial charge in [-0.2, -0.15) is 0 Å². The fourth-order valence-electron chi connectivity index (χ4n) is 2.84. The molecule has 0 saturated heterocycles. The fourth-order valence-corrected chi connectivity index (χ4v) is 3.14. The van der Waals surface area contributed by atoms with Crippen LogP contribution in [0.4, 0.5) is 0 Å². The molecule has 0 aromatic rings. The quantitative estimate of drug-likeness (QED) is 0.576. The van der Waals surface area contributed by atoms with Crippen LogP contribution in [0, 0.1) is 5.41 Å². The van der Waals surface area contributed by atoms with Crippen molar-refractivity contribution in [2.45, 2.75) is 66.3 Å². The number of amides is 1. The number of likely N-dealkylation sites (N-methyl/N-ethyl adjacent to an activating group) is 1. The number of hydrogen-bond acceptors (Lipinski definition) is 3. The minimum absolute atomic E-state index is 0.00152. The Morgan fingerprint density at radius 2 is 1.67 bits per heavy atom. The summed E-state index contributed by atoms with van der Waals surface area (Å²) >= 11 is 5.23. The van der Waals surface area contributed by atoms with Crippen LogP contribution in [-0.2, 0) is 4.79 Å². The van der Waals surface area contributed by atoms with E-state index in [2.05, 4.69) is 37.9 Å². The minimum atomic E-state index is -0.684. The molecule has 0 fully saturated rings. The van der Waals surface area contributed by atoms with Crippen molar-refractivity contribution in [3.05, 3.63) is 0 Å². The van der Waals surface area contributed by atoms with Crippen molar-refractivity contribution in [1.29, 1.82) is 0 Å². The van der Waals surface area contributed by atoms with Crippen LogP contribution in [-0.4, -0.2) is 41.5 Å². The first kappa shape index (κ1) is 20.3. The SMILES string of the molecule is CCCC(CCC)(C(=O)NC(C)CN(CC)CC)C(N)=S. The van der Waals surface area contributed by atoms with Gasteiger partial charge in [-0.3, -0.25) is 4.79 Å². The highest BCUT2D eigenvalue weighted by Crippen LogP contribution is 2.31. The lowest BCUT2D eigenvalue weighted by Gasteiger charge is -2.33. The van der Waals surface area contributed by atoms with E-state index in [1.165, 1.54) is 0 Å². The van der Waals surface area contributed by atoms with E-state index in [-0.39, 0.29) is 11.9 Å². The topological polar surface area (TPSA) is 58.4 Å². The van der Waals surface area contributed by atoms with E-state index in [0.29, 0.717) is 4.99 Å². The van der Waals surface area contributed by atoms with Gasteiger partial charge in [0.05, 0.1) is 10.4 Å². The molecular weight excluding hydrogens is 282 g/mol. The van der Waals surface area contributed by atoms with Gasteiger partial charge in [0.2, 0.25) is 5.91 Å². The number of thiocarbonyl (C=S) groups is 1. The van der Waals surface area contributed by atoms with Crippen LogP contribution in [0.5, 0.6) is 0 Å². The number of nitrogens with zero attached hydrogens (tertiary/aromatic N) is 1. The number of nitrogens with two attached hydrogens (primary N) is 1. The molecule has 1 atom stereocenters. The number of carbonyl (C=O) groups excluding carboxylic acids is 1. The number of nitrogens with one attached hydrogen (secondary N) is 1. The molecule has 124 valence electrons. The summed E-state index contributed by atoms with van der Waals surface area (Å²) in [5.41, 5.74) is 5.25. The zero-order valence-corrected chi connectivity index (χ0v) is 15.2. The number of rotatable bonds is 11. The van der Waals surface area contributed by atoms with Crippen LogP contribution >= 0.6 is 12.2 Å². The molecule has 1 amide bonds. The number of hydrogen-bond donors (Lipinski definition) is 2. The predicted octanol–water partition coefficient (Wildman–Crippen LogP) is 2.71. The Hall–Kier alpha value is -0.680.